The van der Waals surface area contributed by atoms with Crippen LogP contribution < -0.4 is 0 Å². The molecule has 2 saturated heterocycles. The number of rotatable bonds is 10. The first kappa shape index (κ1) is 31.1. The first-order valence-corrected chi connectivity index (χ1v) is 17.3. The van der Waals surface area contributed by atoms with Crippen LogP contribution in [0.2, 0.25) is 0 Å². The number of fused-ring (bicyclic) bond motifs is 1. The fourth-order valence-corrected chi connectivity index (χ4v) is 8.50. The lowest BCUT2D eigenvalue weighted by Gasteiger charge is -2.51. The van der Waals surface area contributed by atoms with E-state index in [0.29, 0.717) is 37.2 Å². The SMILES string of the molecule is CCc1cc(Br)ccc1S(=O)(=O)N1CCC(=O)N2C(Cc3cn(Cc4ccccc4)cn3)C(=O)N(CCc3ccncc3)CC21. The number of benzene rings is 2. The van der Waals surface area contributed by atoms with Gasteiger partial charge in [-0.15, -0.1) is 0 Å². The number of amides is 2. The highest BCUT2D eigenvalue weighted by molar-refractivity contribution is 9.10. The van der Waals surface area contributed by atoms with Crippen molar-refractivity contribution in [1.29, 1.82) is 0 Å². The van der Waals surface area contributed by atoms with Gasteiger partial charge in [0.1, 0.15) is 12.2 Å². The summed E-state index contributed by atoms with van der Waals surface area (Å²) in [5.41, 5.74) is 3.48. The van der Waals surface area contributed by atoms with Crippen molar-refractivity contribution in [3.8, 4) is 0 Å². The van der Waals surface area contributed by atoms with Crippen LogP contribution in [-0.4, -0.2) is 80.7 Å². The van der Waals surface area contributed by atoms with Crippen molar-refractivity contribution < 1.29 is 18.0 Å². The van der Waals surface area contributed by atoms with Crippen LogP contribution >= 0.6 is 15.9 Å². The molecule has 4 aromatic rings. The maximum atomic E-state index is 14.3. The number of aryl methyl sites for hydroxylation is 1. The second kappa shape index (κ2) is 13.2. The normalized spacial score (nSPS) is 19.2. The van der Waals surface area contributed by atoms with Gasteiger partial charge < -0.3 is 14.4 Å². The Morgan fingerprint density at radius 1 is 1.00 bits per heavy atom. The lowest BCUT2D eigenvalue weighted by Crippen LogP contribution is -2.71. The van der Waals surface area contributed by atoms with Crippen LogP contribution in [0.25, 0.3) is 0 Å². The van der Waals surface area contributed by atoms with E-state index in [1.165, 1.54) is 9.21 Å². The van der Waals surface area contributed by atoms with Crippen LogP contribution in [0, 0.1) is 0 Å². The van der Waals surface area contributed by atoms with Crippen LogP contribution in [0.3, 0.4) is 0 Å². The van der Waals surface area contributed by atoms with Crippen molar-refractivity contribution in [3.63, 3.8) is 0 Å². The zero-order valence-corrected chi connectivity index (χ0v) is 27.4. The van der Waals surface area contributed by atoms with E-state index in [1.807, 2.05) is 66.2 Å². The average molecular weight is 692 g/mol. The predicted octanol–water partition coefficient (Wildman–Crippen LogP) is 3.90. The molecule has 45 heavy (non-hydrogen) atoms. The Morgan fingerprint density at radius 2 is 1.78 bits per heavy atom. The van der Waals surface area contributed by atoms with Gasteiger partial charge in [-0.05, 0) is 59.9 Å². The molecule has 12 heteroatoms. The van der Waals surface area contributed by atoms with E-state index in [1.54, 1.807) is 35.8 Å². The van der Waals surface area contributed by atoms with E-state index in [0.717, 1.165) is 15.6 Å². The zero-order chi connectivity index (χ0) is 31.6. The zero-order valence-electron chi connectivity index (χ0n) is 25.0. The fourth-order valence-electron chi connectivity index (χ4n) is 6.24. The molecule has 2 aliphatic rings. The molecule has 2 fully saturated rings. The monoisotopic (exact) mass is 690 g/mol. The Morgan fingerprint density at radius 3 is 2.53 bits per heavy atom. The molecule has 2 unspecified atom stereocenters. The lowest BCUT2D eigenvalue weighted by atomic mass is 10.0. The van der Waals surface area contributed by atoms with Gasteiger partial charge in [0.25, 0.3) is 0 Å². The maximum Gasteiger partial charge on any atom is 0.245 e. The number of nitrogens with zero attached hydrogens (tertiary/aromatic N) is 6. The van der Waals surface area contributed by atoms with Gasteiger partial charge in [0.2, 0.25) is 21.8 Å². The van der Waals surface area contributed by atoms with Crippen molar-refractivity contribution in [2.24, 2.45) is 0 Å². The van der Waals surface area contributed by atoms with Crippen LogP contribution in [-0.2, 0) is 45.4 Å². The summed E-state index contributed by atoms with van der Waals surface area (Å²) in [6, 6.07) is 18.1. The molecule has 0 radical (unpaired) electrons. The summed E-state index contributed by atoms with van der Waals surface area (Å²) in [6.45, 7) is 3.06. The smallest absolute Gasteiger partial charge is 0.245 e. The topological polar surface area (TPSA) is 109 Å². The number of hydrogen-bond donors (Lipinski definition) is 0. The number of halogens is 1. The van der Waals surface area contributed by atoms with Gasteiger partial charge in [-0.3, -0.25) is 14.6 Å². The third kappa shape index (κ3) is 6.58. The molecule has 0 N–H and O–H groups in total. The Balaban J connectivity index is 1.33. The molecule has 6 rings (SSSR count). The number of imidazole rings is 1. The van der Waals surface area contributed by atoms with E-state index < -0.39 is 22.2 Å². The van der Waals surface area contributed by atoms with Gasteiger partial charge in [-0.2, -0.15) is 4.31 Å². The molecule has 2 amide bonds. The number of carbonyl (C=O) groups is 2. The molecule has 234 valence electrons. The van der Waals surface area contributed by atoms with Crippen LogP contribution in [0.4, 0.5) is 0 Å². The maximum absolute atomic E-state index is 14.3. The summed E-state index contributed by atoms with van der Waals surface area (Å²) in [4.78, 5) is 39.8. The molecule has 0 saturated carbocycles. The van der Waals surface area contributed by atoms with Gasteiger partial charge in [0, 0.05) is 55.5 Å². The molecule has 2 aromatic carbocycles. The Kier molecular flexibility index (Phi) is 9.16. The van der Waals surface area contributed by atoms with Crippen molar-refractivity contribution in [2.45, 2.75) is 56.3 Å². The Hall–Kier alpha value is -3.87. The van der Waals surface area contributed by atoms with E-state index >= 15 is 0 Å². The van der Waals surface area contributed by atoms with Gasteiger partial charge in [-0.25, -0.2) is 13.4 Å². The highest BCUT2D eigenvalue weighted by Gasteiger charge is 2.51. The fraction of sp³-hybridized carbons (Fsp3) is 0.333. The first-order chi connectivity index (χ1) is 21.7. The average Bonchev–Trinajstić information content (AvgIpc) is 3.48. The van der Waals surface area contributed by atoms with Crippen molar-refractivity contribution >= 4 is 37.8 Å². The summed E-state index contributed by atoms with van der Waals surface area (Å²) in [6.07, 6.45) is 7.48. The highest BCUT2D eigenvalue weighted by Crippen LogP contribution is 2.33. The number of aromatic nitrogens is 3. The number of sulfonamides is 1. The summed E-state index contributed by atoms with van der Waals surface area (Å²) in [7, 11) is -4.00. The molecule has 0 bridgehead atoms. The molecule has 10 nitrogen and oxygen atoms in total. The van der Waals surface area contributed by atoms with Crippen LogP contribution in [0.15, 0.2) is 94.9 Å². The van der Waals surface area contributed by atoms with Crippen molar-refractivity contribution in [3.05, 3.63) is 112 Å². The van der Waals surface area contributed by atoms with Crippen molar-refractivity contribution in [1.82, 2.24) is 28.6 Å². The van der Waals surface area contributed by atoms with E-state index in [9.17, 15) is 18.0 Å². The molecule has 0 spiro atoms. The summed E-state index contributed by atoms with van der Waals surface area (Å²) in [5, 5.41) is 0. The quantitative estimate of drug-likeness (QED) is 0.250. The minimum absolute atomic E-state index is 0.00302. The molecule has 2 atom stereocenters. The third-order valence-corrected chi connectivity index (χ3v) is 11.0. The Bertz CT molecular complexity index is 1780. The van der Waals surface area contributed by atoms with E-state index in [2.05, 4.69) is 25.9 Å². The molecular formula is C33H35BrN6O4S. The minimum atomic E-state index is -4.00. The van der Waals surface area contributed by atoms with Gasteiger partial charge in [-0.1, -0.05) is 53.2 Å². The largest absolute Gasteiger partial charge is 0.337 e. The Labute approximate surface area is 271 Å². The second-order valence-corrected chi connectivity index (χ2v) is 14.2. The predicted molar refractivity (Wildman–Crippen MR) is 172 cm³/mol. The molecule has 2 aromatic heterocycles. The van der Waals surface area contributed by atoms with Crippen LogP contribution in [0.1, 0.15) is 35.7 Å². The van der Waals surface area contributed by atoms with Crippen molar-refractivity contribution in [2.75, 3.05) is 19.6 Å². The summed E-state index contributed by atoms with van der Waals surface area (Å²) < 4.78 is 32.8. The second-order valence-electron chi connectivity index (χ2n) is 11.4. The number of piperazine rings is 1. The van der Waals surface area contributed by atoms with Gasteiger partial charge in [0.05, 0.1) is 23.5 Å². The molecular weight excluding hydrogens is 656 g/mol. The summed E-state index contributed by atoms with van der Waals surface area (Å²) >= 11 is 3.46. The first-order valence-electron chi connectivity index (χ1n) is 15.1. The van der Waals surface area contributed by atoms with Crippen LogP contribution in [0.5, 0.6) is 0 Å². The molecule has 2 aliphatic heterocycles. The molecule has 4 heterocycles. The third-order valence-electron chi connectivity index (χ3n) is 8.51. The number of hydrogen-bond acceptors (Lipinski definition) is 6. The molecule has 0 aliphatic carbocycles. The lowest BCUT2D eigenvalue weighted by molar-refractivity contribution is -0.164. The minimum Gasteiger partial charge on any atom is -0.337 e. The highest BCUT2D eigenvalue weighted by atomic mass is 79.9. The summed E-state index contributed by atoms with van der Waals surface area (Å²) in [5.74, 6) is -0.433. The van der Waals surface area contributed by atoms with Gasteiger partial charge in [0.15, 0.2) is 0 Å². The van der Waals surface area contributed by atoms with Gasteiger partial charge >= 0.3 is 0 Å². The standard InChI is InChI=1S/C33H35BrN6O4S/c1-2-26-18-27(34)8-9-30(26)45(43,44)39-17-13-32(41)40-29(19-28-21-37(23-36-28)20-25-6-4-3-5-7-25)33(42)38(22-31(39)40)16-12-24-10-14-35-15-11-24/h3-11,14-15,18,21,23,29,31H,2,12-13,16-17,19-20,22H2,1H3. The van der Waals surface area contributed by atoms with E-state index in [-0.39, 0.29) is 42.6 Å². The number of pyridine rings is 1. The number of carbonyl (C=O) groups excluding carboxylic acids is 2. The van der Waals surface area contributed by atoms with E-state index in [4.69, 9.17) is 0 Å².